The fraction of sp³-hybridized carbons (Fsp3) is 0.619. The largest absolute Gasteiger partial charge is 0.493 e. The van der Waals surface area contributed by atoms with E-state index >= 15 is 0 Å². The highest BCUT2D eigenvalue weighted by atomic mass is 35.5. The topological polar surface area (TPSA) is 71.1 Å². The van der Waals surface area contributed by atoms with Gasteiger partial charge in [-0.15, -0.1) is 12.4 Å². The molecule has 29 heavy (non-hydrogen) atoms. The molecule has 8 heteroatoms. The van der Waals surface area contributed by atoms with E-state index in [4.69, 9.17) is 9.47 Å². The van der Waals surface area contributed by atoms with Gasteiger partial charge in [-0.3, -0.25) is 9.59 Å². The highest BCUT2D eigenvalue weighted by Crippen LogP contribution is 2.29. The minimum absolute atomic E-state index is 0. The van der Waals surface area contributed by atoms with Crippen LogP contribution in [-0.2, 0) is 4.79 Å². The Morgan fingerprint density at radius 2 is 2.07 bits per heavy atom. The third-order valence-corrected chi connectivity index (χ3v) is 5.23. The van der Waals surface area contributed by atoms with Gasteiger partial charge in [0.2, 0.25) is 5.91 Å². The Balaban J connectivity index is 0.00000300. The van der Waals surface area contributed by atoms with Crippen molar-refractivity contribution in [1.82, 2.24) is 15.1 Å². The van der Waals surface area contributed by atoms with Crippen molar-refractivity contribution < 1.29 is 19.1 Å². The summed E-state index contributed by atoms with van der Waals surface area (Å²) in [6.45, 7) is 7.96. The summed E-state index contributed by atoms with van der Waals surface area (Å²) in [4.78, 5) is 29.1. The maximum Gasteiger partial charge on any atom is 0.254 e. The van der Waals surface area contributed by atoms with E-state index in [0.29, 0.717) is 55.8 Å². The second-order valence-corrected chi connectivity index (χ2v) is 7.88. The molecule has 0 radical (unpaired) electrons. The van der Waals surface area contributed by atoms with Crippen LogP contribution < -0.4 is 14.8 Å². The fourth-order valence-electron chi connectivity index (χ4n) is 3.76. The molecule has 2 fully saturated rings. The van der Waals surface area contributed by atoms with Crippen LogP contribution in [0.2, 0.25) is 0 Å². The maximum atomic E-state index is 13.1. The number of carbonyl (C=O) groups excluding carboxylic acids is 2. The van der Waals surface area contributed by atoms with Crippen LogP contribution in [0.15, 0.2) is 18.2 Å². The third-order valence-electron chi connectivity index (χ3n) is 5.23. The van der Waals surface area contributed by atoms with E-state index in [9.17, 15) is 9.59 Å². The number of carbonyl (C=O) groups is 2. The lowest BCUT2D eigenvalue weighted by Crippen LogP contribution is -2.57. The number of nitrogens with one attached hydrogen (secondary N) is 1. The van der Waals surface area contributed by atoms with Gasteiger partial charge in [-0.1, -0.05) is 13.8 Å². The molecule has 7 nitrogen and oxygen atoms in total. The zero-order valence-corrected chi connectivity index (χ0v) is 18.3. The molecule has 3 rings (SSSR count). The molecule has 0 spiro atoms. The molecule has 0 aromatic heterocycles. The van der Waals surface area contributed by atoms with Gasteiger partial charge in [0.25, 0.3) is 5.91 Å². The van der Waals surface area contributed by atoms with Crippen LogP contribution in [0, 0.1) is 5.92 Å². The molecule has 0 bridgehead atoms. The van der Waals surface area contributed by atoms with E-state index in [2.05, 4.69) is 19.2 Å². The second-order valence-electron chi connectivity index (χ2n) is 7.88. The number of hydrogen-bond donors (Lipinski definition) is 1. The van der Waals surface area contributed by atoms with Crippen molar-refractivity contribution in [2.45, 2.75) is 32.7 Å². The number of piperidine rings is 1. The van der Waals surface area contributed by atoms with Crippen molar-refractivity contribution in [1.29, 1.82) is 0 Å². The Bertz CT molecular complexity index is 713. The lowest BCUT2D eigenvalue weighted by atomic mass is 10.0. The zero-order valence-electron chi connectivity index (χ0n) is 17.5. The maximum absolute atomic E-state index is 13.1. The molecule has 0 saturated carbocycles. The van der Waals surface area contributed by atoms with Gasteiger partial charge in [-0.25, -0.2) is 0 Å². The number of benzene rings is 1. The lowest BCUT2D eigenvalue weighted by molar-refractivity contribution is -0.135. The first kappa shape index (κ1) is 23.3. The summed E-state index contributed by atoms with van der Waals surface area (Å²) in [7, 11) is 1.58. The van der Waals surface area contributed by atoms with Gasteiger partial charge in [0.1, 0.15) is 0 Å². The summed E-state index contributed by atoms with van der Waals surface area (Å²) >= 11 is 0. The molecular weight excluding hydrogens is 394 g/mol. The number of ether oxygens (including phenoxy) is 2. The molecule has 1 aromatic rings. The average Bonchev–Trinajstić information content (AvgIpc) is 2.72. The first-order valence-corrected chi connectivity index (χ1v) is 10.1. The molecule has 1 aromatic carbocycles. The highest BCUT2D eigenvalue weighted by Gasteiger charge is 2.32. The molecule has 2 aliphatic rings. The molecule has 2 saturated heterocycles. The first-order valence-electron chi connectivity index (χ1n) is 10.1. The minimum atomic E-state index is -0.0269. The van der Waals surface area contributed by atoms with Crippen molar-refractivity contribution in [2.24, 2.45) is 5.92 Å². The molecule has 0 aliphatic carbocycles. The predicted molar refractivity (Wildman–Crippen MR) is 114 cm³/mol. The van der Waals surface area contributed by atoms with E-state index in [0.717, 1.165) is 19.4 Å². The number of halogens is 1. The van der Waals surface area contributed by atoms with E-state index in [1.54, 1.807) is 25.3 Å². The minimum Gasteiger partial charge on any atom is -0.493 e. The third kappa shape index (κ3) is 5.76. The molecule has 2 amide bonds. The van der Waals surface area contributed by atoms with Gasteiger partial charge in [-0.2, -0.15) is 0 Å². The van der Waals surface area contributed by atoms with E-state index in [1.807, 2.05) is 9.80 Å². The highest BCUT2D eigenvalue weighted by molar-refractivity contribution is 5.95. The number of likely N-dealkylation sites (tertiary alicyclic amines) is 1. The molecular formula is C21H32ClN3O4. The van der Waals surface area contributed by atoms with Crippen LogP contribution in [0.4, 0.5) is 0 Å². The van der Waals surface area contributed by atoms with E-state index in [-0.39, 0.29) is 30.3 Å². The lowest BCUT2D eigenvalue weighted by Gasteiger charge is -2.41. The van der Waals surface area contributed by atoms with Crippen molar-refractivity contribution in [2.75, 3.05) is 46.4 Å². The zero-order chi connectivity index (χ0) is 20.1. The smallest absolute Gasteiger partial charge is 0.254 e. The van der Waals surface area contributed by atoms with Gasteiger partial charge in [-0.05, 0) is 37.0 Å². The van der Waals surface area contributed by atoms with Crippen molar-refractivity contribution in [3.8, 4) is 11.5 Å². The summed E-state index contributed by atoms with van der Waals surface area (Å²) < 4.78 is 11.2. The van der Waals surface area contributed by atoms with Gasteiger partial charge < -0.3 is 24.6 Å². The van der Waals surface area contributed by atoms with Crippen LogP contribution in [-0.4, -0.2) is 74.1 Å². The predicted octanol–water partition coefficient (Wildman–Crippen LogP) is 2.19. The first-order chi connectivity index (χ1) is 13.5. The van der Waals surface area contributed by atoms with Gasteiger partial charge in [0, 0.05) is 37.8 Å². The summed E-state index contributed by atoms with van der Waals surface area (Å²) in [5, 5.41) is 3.10. The molecule has 1 unspecified atom stereocenters. The molecule has 2 aliphatic heterocycles. The van der Waals surface area contributed by atoms with E-state index < -0.39 is 0 Å². The number of piperazine rings is 1. The Morgan fingerprint density at radius 1 is 1.28 bits per heavy atom. The Morgan fingerprint density at radius 3 is 2.76 bits per heavy atom. The van der Waals surface area contributed by atoms with Crippen molar-refractivity contribution in [3.63, 3.8) is 0 Å². The summed E-state index contributed by atoms with van der Waals surface area (Å²) in [5.74, 6) is 1.72. The molecule has 1 atom stereocenters. The van der Waals surface area contributed by atoms with Gasteiger partial charge in [0.05, 0.1) is 20.3 Å². The number of amides is 2. The standard InChI is InChI=1S/C21H31N3O4.ClH/c1-15(2)14-28-18-7-6-16(11-19(18)27-3)21(26)23-9-4-5-17(13-23)24-10-8-22-12-20(24)25;/h6-7,11,15,17,22H,4-5,8-10,12-14H2,1-3H3;1H. The normalized spacial score (nSPS) is 19.7. The molecule has 162 valence electrons. The fourth-order valence-corrected chi connectivity index (χ4v) is 3.76. The molecule has 2 heterocycles. The van der Waals surface area contributed by atoms with Crippen LogP contribution in [0.1, 0.15) is 37.0 Å². The number of hydrogen-bond acceptors (Lipinski definition) is 5. The quantitative estimate of drug-likeness (QED) is 0.756. The van der Waals surface area contributed by atoms with Crippen LogP contribution in [0.25, 0.3) is 0 Å². The summed E-state index contributed by atoms with van der Waals surface area (Å²) in [6, 6.07) is 5.44. The average molecular weight is 426 g/mol. The van der Waals surface area contributed by atoms with Crippen molar-refractivity contribution >= 4 is 24.2 Å². The Kier molecular flexibility index (Phi) is 8.59. The monoisotopic (exact) mass is 425 g/mol. The van der Waals surface area contributed by atoms with Gasteiger partial charge in [0.15, 0.2) is 11.5 Å². The Hall–Kier alpha value is -1.99. The van der Waals surface area contributed by atoms with Crippen LogP contribution in [0.5, 0.6) is 11.5 Å². The molecule has 1 N–H and O–H groups in total. The van der Waals surface area contributed by atoms with Crippen molar-refractivity contribution in [3.05, 3.63) is 23.8 Å². The number of rotatable bonds is 6. The van der Waals surface area contributed by atoms with E-state index in [1.165, 1.54) is 0 Å². The number of methoxy groups -OCH3 is 1. The van der Waals surface area contributed by atoms with Gasteiger partial charge >= 0.3 is 0 Å². The summed E-state index contributed by atoms with van der Waals surface area (Å²) in [6.07, 6.45) is 1.85. The van der Waals surface area contributed by atoms with Crippen LogP contribution >= 0.6 is 12.4 Å². The summed E-state index contributed by atoms with van der Waals surface area (Å²) in [5.41, 5.74) is 0.584. The Labute approximate surface area is 179 Å². The second kappa shape index (κ2) is 10.7. The number of nitrogens with zero attached hydrogens (tertiary/aromatic N) is 2. The van der Waals surface area contributed by atoms with Crippen LogP contribution in [0.3, 0.4) is 0 Å². The SMILES string of the molecule is COc1cc(C(=O)N2CCCC(N3CCNCC3=O)C2)ccc1OCC(C)C.Cl.